The van der Waals surface area contributed by atoms with Crippen LogP contribution in [0.25, 0.3) is 0 Å². The monoisotopic (exact) mass is 495 g/mol. The molecule has 0 radical (unpaired) electrons. The third-order valence-corrected chi connectivity index (χ3v) is 8.71. The Labute approximate surface area is 216 Å². The molecule has 3 aliphatic rings. The summed E-state index contributed by atoms with van der Waals surface area (Å²) < 4.78 is 5.64. The zero-order chi connectivity index (χ0) is 26.1. The predicted octanol–water partition coefficient (Wildman–Crippen LogP) is 4.03. The van der Waals surface area contributed by atoms with Crippen LogP contribution >= 0.6 is 0 Å². The van der Waals surface area contributed by atoms with Crippen molar-refractivity contribution in [3.05, 3.63) is 28.6 Å². The second kappa shape index (κ2) is 10.1. The van der Waals surface area contributed by atoms with Crippen molar-refractivity contribution in [2.75, 3.05) is 50.6 Å². The lowest BCUT2D eigenvalue weighted by molar-refractivity contribution is 0.0164. The van der Waals surface area contributed by atoms with Crippen LogP contribution in [-0.2, 0) is 4.74 Å². The van der Waals surface area contributed by atoms with E-state index in [0.717, 1.165) is 65.8 Å². The number of nitrogens with two attached hydrogens (primary N) is 1. The first-order valence-electron chi connectivity index (χ1n) is 13.3. The van der Waals surface area contributed by atoms with Crippen LogP contribution in [0, 0.1) is 17.7 Å². The number of hydrogen-bond donors (Lipinski definition) is 4. The van der Waals surface area contributed by atoms with E-state index in [-0.39, 0.29) is 11.1 Å². The molecule has 1 aromatic rings. The molecule has 0 atom stereocenters. The Morgan fingerprint density at radius 1 is 1.33 bits per heavy atom. The fraction of sp³-hybridized carbons (Fsp3) is 0.679. The zero-order valence-corrected chi connectivity index (χ0v) is 23.1. The van der Waals surface area contributed by atoms with Gasteiger partial charge in [0.1, 0.15) is 5.82 Å². The van der Waals surface area contributed by atoms with E-state index in [2.05, 4.69) is 40.4 Å². The number of nitrogens with one attached hydrogen (secondary N) is 3. The smallest absolute Gasteiger partial charge is 0.136 e. The Bertz CT molecular complexity index is 1050. The maximum atomic E-state index is 7.99. The molecule has 2 bridgehead atoms. The third kappa shape index (κ3) is 5.30. The van der Waals surface area contributed by atoms with E-state index in [4.69, 9.17) is 20.9 Å². The van der Waals surface area contributed by atoms with E-state index < -0.39 is 0 Å². The van der Waals surface area contributed by atoms with Crippen molar-refractivity contribution in [1.82, 2.24) is 10.3 Å². The van der Waals surface area contributed by atoms with E-state index in [9.17, 15) is 0 Å². The first-order chi connectivity index (χ1) is 17.0. The van der Waals surface area contributed by atoms with Crippen molar-refractivity contribution in [3.63, 3.8) is 0 Å². The van der Waals surface area contributed by atoms with E-state index in [1.807, 2.05) is 20.9 Å². The minimum atomic E-state index is -0.145. The van der Waals surface area contributed by atoms with Gasteiger partial charge < -0.3 is 31.4 Å². The third-order valence-electron chi connectivity index (χ3n) is 8.71. The zero-order valence-electron chi connectivity index (χ0n) is 23.1. The molecule has 0 aromatic carbocycles. The number of pyridine rings is 1. The molecule has 1 saturated heterocycles. The van der Waals surface area contributed by atoms with Gasteiger partial charge in [-0.3, -0.25) is 4.99 Å². The van der Waals surface area contributed by atoms with Gasteiger partial charge in [0, 0.05) is 81.2 Å². The highest BCUT2D eigenvalue weighted by Crippen LogP contribution is 2.56. The summed E-state index contributed by atoms with van der Waals surface area (Å²) in [6.45, 7) is 11.6. The lowest BCUT2D eigenvalue weighted by Gasteiger charge is -2.34. The summed E-state index contributed by atoms with van der Waals surface area (Å²) >= 11 is 0. The average molecular weight is 496 g/mol. The first kappa shape index (κ1) is 26.6. The molecule has 198 valence electrons. The predicted molar refractivity (Wildman–Crippen MR) is 150 cm³/mol. The standard InChI is InChI=1S/C28H45N7O/c1-19-13-24(21(14-29)25(31-5)34-19)35-12-7-23(22(15-35)20(2)30)32-18-27-8-10-28(16-27,11-9-27)33-17-26(3,4)36-6/h13-14,29,33H,7-12,15-18,30H2,1-6H3,(H,31,34). The Morgan fingerprint density at radius 3 is 2.67 bits per heavy atom. The second-order valence-corrected chi connectivity index (χ2v) is 11.8. The molecule has 1 aromatic heterocycles. The summed E-state index contributed by atoms with van der Waals surface area (Å²) in [5.74, 6) is 0.738. The van der Waals surface area contributed by atoms with Gasteiger partial charge in [0.25, 0.3) is 0 Å². The molecule has 3 fully saturated rings. The van der Waals surface area contributed by atoms with Gasteiger partial charge in [-0.05, 0) is 71.3 Å². The van der Waals surface area contributed by atoms with Gasteiger partial charge in [-0.1, -0.05) is 0 Å². The number of aromatic nitrogens is 1. The van der Waals surface area contributed by atoms with E-state index in [1.54, 1.807) is 7.11 Å². The lowest BCUT2D eigenvalue weighted by Crippen LogP contribution is -2.48. The maximum absolute atomic E-state index is 7.99. The Morgan fingerprint density at radius 2 is 2.06 bits per heavy atom. The highest BCUT2D eigenvalue weighted by Gasteiger charge is 2.54. The molecular weight excluding hydrogens is 450 g/mol. The van der Waals surface area contributed by atoms with Crippen LogP contribution in [0.1, 0.15) is 70.6 Å². The Kier molecular flexibility index (Phi) is 7.49. The largest absolute Gasteiger partial charge is 0.402 e. The molecule has 0 unspecified atom stereocenters. The molecule has 8 heteroatoms. The van der Waals surface area contributed by atoms with Gasteiger partial charge in [-0.2, -0.15) is 0 Å². The van der Waals surface area contributed by atoms with Gasteiger partial charge in [0.2, 0.25) is 0 Å². The molecule has 36 heavy (non-hydrogen) atoms. The van der Waals surface area contributed by atoms with Gasteiger partial charge in [-0.15, -0.1) is 0 Å². The van der Waals surface area contributed by atoms with E-state index >= 15 is 0 Å². The van der Waals surface area contributed by atoms with Crippen LogP contribution in [0.4, 0.5) is 11.5 Å². The number of allylic oxidation sites excluding steroid dienone is 1. The van der Waals surface area contributed by atoms with Gasteiger partial charge in [-0.25, -0.2) is 4.98 Å². The number of fused-ring (bicyclic) bond motifs is 2. The van der Waals surface area contributed by atoms with Crippen molar-refractivity contribution in [1.29, 1.82) is 5.41 Å². The van der Waals surface area contributed by atoms with Crippen molar-refractivity contribution >= 4 is 23.4 Å². The summed E-state index contributed by atoms with van der Waals surface area (Å²) in [4.78, 5) is 12.1. The number of methoxy groups -OCH3 is 1. The van der Waals surface area contributed by atoms with Gasteiger partial charge in [0.15, 0.2) is 0 Å². The Balaban J connectivity index is 1.48. The van der Waals surface area contributed by atoms with Crippen molar-refractivity contribution in [3.8, 4) is 0 Å². The van der Waals surface area contributed by atoms with Crippen LogP contribution in [0.5, 0.6) is 0 Å². The highest BCUT2D eigenvalue weighted by molar-refractivity contribution is 6.03. The fourth-order valence-corrected chi connectivity index (χ4v) is 6.26. The first-order valence-corrected chi connectivity index (χ1v) is 13.3. The minimum absolute atomic E-state index is 0.145. The number of ether oxygens (including phenoxy) is 1. The molecule has 1 aliphatic heterocycles. The van der Waals surface area contributed by atoms with Crippen LogP contribution < -0.4 is 21.3 Å². The van der Waals surface area contributed by atoms with Crippen LogP contribution in [0.2, 0.25) is 0 Å². The van der Waals surface area contributed by atoms with Gasteiger partial charge >= 0.3 is 0 Å². The molecule has 8 nitrogen and oxygen atoms in total. The average Bonchev–Trinajstić information content (AvgIpc) is 3.42. The Hall–Kier alpha value is -2.45. The molecule has 5 N–H and O–H groups in total. The number of piperidine rings is 1. The van der Waals surface area contributed by atoms with Crippen molar-refractivity contribution in [2.45, 2.75) is 77.4 Å². The quantitative estimate of drug-likeness (QED) is 0.385. The SMILES string of the molecule is CNc1nc(C)cc(N2CCC(=NCC34CCC(NCC(C)(C)OC)(CC3)C4)C(=C(C)N)C2)c1C=N. The van der Waals surface area contributed by atoms with Crippen molar-refractivity contribution in [2.24, 2.45) is 16.1 Å². The van der Waals surface area contributed by atoms with E-state index in [1.165, 1.54) is 38.3 Å². The molecule has 2 heterocycles. The molecule has 2 aliphatic carbocycles. The highest BCUT2D eigenvalue weighted by atomic mass is 16.5. The minimum Gasteiger partial charge on any atom is -0.402 e. The van der Waals surface area contributed by atoms with Crippen LogP contribution in [0.3, 0.4) is 0 Å². The lowest BCUT2D eigenvalue weighted by atomic mass is 9.84. The second-order valence-electron chi connectivity index (χ2n) is 11.8. The van der Waals surface area contributed by atoms with E-state index in [0.29, 0.717) is 12.0 Å². The summed E-state index contributed by atoms with van der Waals surface area (Å²) in [7, 11) is 3.64. The fourth-order valence-electron chi connectivity index (χ4n) is 6.26. The van der Waals surface area contributed by atoms with Crippen LogP contribution in [-0.4, -0.2) is 68.4 Å². The topological polar surface area (TPSA) is 112 Å². The number of aliphatic imine (C=N–C) groups is 1. The molecule has 4 rings (SSSR count). The van der Waals surface area contributed by atoms with Crippen molar-refractivity contribution < 1.29 is 4.74 Å². The molecular formula is C28H45N7O. The summed E-state index contributed by atoms with van der Waals surface area (Å²) in [5, 5.41) is 15.0. The van der Waals surface area contributed by atoms with Gasteiger partial charge in [0.05, 0.1) is 16.9 Å². The normalized spacial score (nSPS) is 28.6. The molecule has 0 spiro atoms. The number of hydrogen-bond acceptors (Lipinski definition) is 8. The number of aryl methyl sites for hydroxylation is 1. The molecule has 0 amide bonds. The summed E-state index contributed by atoms with van der Waals surface area (Å²) in [6.07, 6.45) is 8.39. The number of nitrogens with zero attached hydrogens (tertiary/aromatic N) is 3. The molecule has 2 saturated carbocycles. The maximum Gasteiger partial charge on any atom is 0.136 e. The summed E-state index contributed by atoms with van der Waals surface area (Å²) in [6, 6.07) is 2.07. The number of anilines is 2. The summed E-state index contributed by atoms with van der Waals surface area (Å²) in [5.41, 5.74) is 12.7. The number of rotatable bonds is 9. The van der Waals surface area contributed by atoms with Crippen LogP contribution in [0.15, 0.2) is 22.3 Å².